The lowest BCUT2D eigenvalue weighted by molar-refractivity contribution is 0.306. The summed E-state index contributed by atoms with van der Waals surface area (Å²) in [4.78, 5) is 0. The molecule has 0 saturated heterocycles. The minimum absolute atomic E-state index is 0.624. The van der Waals surface area contributed by atoms with Crippen LogP contribution < -0.4 is 10.1 Å². The molecule has 0 aliphatic rings. The average Bonchev–Trinajstić information content (AvgIpc) is 2.53. The summed E-state index contributed by atoms with van der Waals surface area (Å²) in [5.74, 6) is 0.939. The van der Waals surface area contributed by atoms with Gasteiger partial charge in [0.25, 0.3) is 0 Å². The van der Waals surface area contributed by atoms with E-state index in [1.54, 1.807) is 0 Å². The minimum Gasteiger partial charge on any atom is -0.489 e. The molecule has 0 aliphatic carbocycles. The summed E-state index contributed by atoms with van der Waals surface area (Å²) in [5.41, 5.74) is 3.94. The largest absolute Gasteiger partial charge is 0.489 e. The molecule has 0 amide bonds. The van der Waals surface area contributed by atoms with E-state index in [4.69, 9.17) is 4.74 Å². The number of rotatable bonds is 8. The number of hydrogen-bond acceptors (Lipinski definition) is 2. The molecule has 112 valence electrons. The van der Waals surface area contributed by atoms with E-state index in [1.807, 2.05) is 7.05 Å². The fraction of sp³-hybridized carbons (Fsp3) is 0.368. The van der Waals surface area contributed by atoms with Crippen LogP contribution in [0.4, 0.5) is 0 Å². The highest BCUT2D eigenvalue weighted by atomic mass is 16.5. The molecule has 2 aromatic carbocycles. The molecule has 2 rings (SSSR count). The molecule has 0 fully saturated rings. The van der Waals surface area contributed by atoms with Gasteiger partial charge in [0.05, 0.1) is 0 Å². The second-order valence-electron chi connectivity index (χ2n) is 5.35. The molecule has 0 saturated carbocycles. The molecule has 0 radical (unpaired) electrons. The van der Waals surface area contributed by atoms with Crippen molar-refractivity contribution in [3.63, 3.8) is 0 Å². The summed E-state index contributed by atoms with van der Waals surface area (Å²) in [6, 6.07) is 17.1. The number of aryl methyl sites for hydroxylation is 1. The van der Waals surface area contributed by atoms with Crippen molar-refractivity contribution in [1.29, 1.82) is 0 Å². The summed E-state index contributed by atoms with van der Waals surface area (Å²) in [6.07, 6.45) is 3.38. The van der Waals surface area contributed by atoms with Crippen molar-refractivity contribution in [1.82, 2.24) is 5.32 Å². The molecule has 0 heterocycles. The maximum atomic E-state index is 5.83. The standard InChI is InChI=1S/C19H25NO/c1-3-4-16-9-11-19(12-10-16)21-15-18-7-5-17(6-8-18)13-14-20-2/h5-12,20H,3-4,13-15H2,1-2H3. The molecule has 2 aromatic rings. The van der Waals surface area contributed by atoms with Gasteiger partial charge in [-0.15, -0.1) is 0 Å². The lowest BCUT2D eigenvalue weighted by Gasteiger charge is -2.08. The zero-order valence-electron chi connectivity index (χ0n) is 13.1. The van der Waals surface area contributed by atoms with Crippen LogP contribution >= 0.6 is 0 Å². The highest BCUT2D eigenvalue weighted by molar-refractivity contribution is 5.28. The Morgan fingerprint density at radius 2 is 1.38 bits per heavy atom. The van der Waals surface area contributed by atoms with E-state index in [0.29, 0.717) is 6.61 Å². The van der Waals surface area contributed by atoms with Crippen molar-refractivity contribution in [2.75, 3.05) is 13.6 Å². The van der Waals surface area contributed by atoms with Crippen LogP contribution in [0.5, 0.6) is 5.75 Å². The lowest BCUT2D eigenvalue weighted by atomic mass is 10.1. The number of nitrogens with one attached hydrogen (secondary N) is 1. The molecule has 0 atom stereocenters. The van der Waals surface area contributed by atoms with E-state index in [9.17, 15) is 0 Å². The molecule has 0 aliphatic heterocycles. The van der Waals surface area contributed by atoms with Crippen LogP contribution in [0.15, 0.2) is 48.5 Å². The third kappa shape index (κ3) is 5.24. The SMILES string of the molecule is CCCc1ccc(OCc2ccc(CCNC)cc2)cc1. The van der Waals surface area contributed by atoms with Gasteiger partial charge in [-0.1, -0.05) is 49.7 Å². The van der Waals surface area contributed by atoms with E-state index >= 15 is 0 Å². The zero-order chi connectivity index (χ0) is 14.9. The fourth-order valence-corrected chi connectivity index (χ4v) is 2.28. The Labute approximate surface area is 128 Å². The van der Waals surface area contributed by atoms with E-state index in [0.717, 1.165) is 25.1 Å². The molecule has 0 unspecified atom stereocenters. The van der Waals surface area contributed by atoms with E-state index in [-0.39, 0.29) is 0 Å². The maximum absolute atomic E-state index is 5.83. The first-order chi connectivity index (χ1) is 10.3. The molecule has 1 N–H and O–H groups in total. The Balaban J connectivity index is 1.84. The topological polar surface area (TPSA) is 21.3 Å². The molecule has 2 nitrogen and oxygen atoms in total. The van der Waals surface area contributed by atoms with Gasteiger partial charge in [0, 0.05) is 0 Å². The Hall–Kier alpha value is -1.80. The minimum atomic E-state index is 0.624. The van der Waals surface area contributed by atoms with E-state index in [1.165, 1.54) is 23.1 Å². The highest BCUT2D eigenvalue weighted by Crippen LogP contribution is 2.15. The summed E-state index contributed by atoms with van der Waals surface area (Å²) in [6.45, 7) is 3.84. The Morgan fingerprint density at radius 1 is 0.810 bits per heavy atom. The van der Waals surface area contributed by atoms with Crippen LogP contribution in [0.3, 0.4) is 0 Å². The van der Waals surface area contributed by atoms with Gasteiger partial charge in [-0.2, -0.15) is 0 Å². The van der Waals surface area contributed by atoms with Gasteiger partial charge < -0.3 is 10.1 Å². The van der Waals surface area contributed by atoms with Gasteiger partial charge in [0.1, 0.15) is 12.4 Å². The van der Waals surface area contributed by atoms with Crippen molar-refractivity contribution >= 4 is 0 Å². The average molecular weight is 283 g/mol. The Kier molecular flexibility index (Phi) is 6.29. The van der Waals surface area contributed by atoms with Crippen molar-refractivity contribution < 1.29 is 4.74 Å². The normalized spacial score (nSPS) is 10.6. The first-order valence-corrected chi connectivity index (χ1v) is 7.76. The second-order valence-corrected chi connectivity index (χ2v) is 5.35. The second kappa shape index (κ2) is 8.48. The number of ether oxygens (including phenoxy) is 1. The van der Waals surface area contributed by atoms with Crippen molar-refractivity contribution in [3.05, 3.63) is 65.2 Å². The predicted octanol–water partition coefficient (Wildman–Crippen LogP) is 3.98. The molecule has 0 bridgehead atoms. The van der Waals surface area contributed by atoms with Gasteiger partial charge in [-0.25, -0.2) is 0 Å². The first-order valence-electron chi connectivity index (χ1n) is 7.76. The zero-order valence-corrected chi connectivity index (χ0v) is 13.1. The van der Waals surface area contributed by atoms with Gasteiger partial charge in [0.15, 0.2) is 0 Å². The molecule has 2 heteroatoms. The van der Waals surface area contributed by atoms with Crippen LogP contribution in [0, 0.1) is 0 Å². The van der Waals surface area contributed by atoms with Gasteiger partial charge in [-0.3, -0.25) is 0 Å². The molecule has 21 heavy (non-hydrogen) atoms. The summed E-state index contributed by atoms with van der Waals surface area (Å²) in [5, 5.41) is 3.17. The third-order valence-electron chi connectivity index (χ3n) is 3.55. The Bertz CT molecular complexity index is 516. The van der Waals surface area contributed by atoms with Crippen LogP contribution in [-0.2, 0) is 19.4 Å². The quantitative estimate of drug-likeness (QED) is 0.791. The van der Waals surface area contributed by atoms with Crippen molar-refractivity contribution in [2.24, 2.45) is 0 Å². The maximum Gasteiger partial charge on any atom is 0.119 e. The molecule has 0 spiro atoms. The summed E-state index contributed by atoms with van der Waals surface area (Å²) >= 11 is 0. The number of benzene rings is 2. The summed E-state index contributed by atoms with van der Waals surface area (Å²) < 4.78 is 5.83. The third-order valence-corrected chi connectivity index (χ3v) is 3.55. The van der Waals surface area contributed by atoms with Crippen LogP contribution in [0.2, 0.25) is 0 Å². The van der Waals surface area contributed by atoms with Crippen molar-refractivity contribution in [2.45, 2.75) is 32.8 Å². The van der Waals surface area contributed by atoms with E-state index in [2.05, 4.69) is 60.8 Å². The first kappa shape index (κ1) is 15.6. The summed E-state index contributed by atoms with van der Waals surface area (Å²) in [7, 11) is 1.98. The number of likely N-dealkylation sites (N-methyl/N-ethyl adjacent to an activating group) is 1. The molecule has 0 aromatic heterocycles. The van der Waals surface area contributed by atoms with Crippen LogP contribution in [-0.4, -0.2) is 13.6 Å². The van der Waals surface area contributed by atoms with Crippen LogP contribution in [0.25, 0.3) is 0 Å². The Morgan fingerprint density at radius 3 is 2.00 bits per heavy atom. The highest BCUT2D eigenvalue weighted by Gasteiger charge is 1.98. The molecular formula is C19H25NO. The molecular weight excluding hydrogens is 258 g/mol. The van der Waals surface area contributed by atoms with Gasteiger partial charge in [0.2, 0.25) is 0 Å². The monoisotopic (exact) mass is 283 g/mol. The fourth-order valence-electron chi connectivity index (χ4n) is 2.28. The van der Waals surface area contributed by atoms with Crippen LogP contribution in [0.1, 0.15) is 30.0 Å². The van der Waals surface area contributed by atoms with Gasteiger partial charge in [-0.05, 0) is 55.3 Å². The van der Waals surface area contributed by atoms with Gasteiger partial charge >= 0.3 is 0 Å². The number of hydrogen-bond donors (Lipinski definition) is 1. The van der Waals surface area contributed by atoms with Crippen molar-refractivity contribution in [3.8, 4) is 5.75 Å². The lowest BCUT2D eigenvalue weighted by Crippen LogP contribution is -2.10. The predicted molar refractivity (Wildman–Crippen MR) is 88.8 cm³/mol. The van der Waals surface area contributed by atoms with E-state index < -0.39 is 0 Å². The smallest absolute Gasteiger partial charge is 0.119 e.